The Kier molecular flexibility index (Phi) is 5.39. The quantitative estimate of drug-likeness (QED) is 0.188. The van der Waals surface area contributed by atoms with Gasteiger partial charge in [-0.15, -0.1) is 22.7 Å². The Hall–Kier alpha value is -5.22. The van der Waals surface area contributed by atoms with E-state index in [-0.39, 0.29) is 0 Å². The van der Waals surface area contributed by atoms with E-state index in [1.807, 2.05) is 22.7 Å². The van der Waals surface area contributed by atoms with Crippen molar-refractivity contribution in [1.82, 2.24) is 4.57 Å². The maximum atomic E-state index is 2.44. The summed E-state index contributed by atoms with van der Waals surface area (Å²) in [7, 11) is 0. The van der Waals surface area contributed by atoms with Crippen LogP contribution in [0.4, 0.5) is 0 Å². The molecule has 0 saturated carbocycles. The normalized spacial score (nSPS) is 12.0. The molecule has 3 heterocycles. The van der Waals surface area contributed by atoms with Crippen molar-refractivity contribution in [2.45, 2.75) is 0 Å². The molecule has 0 amide bonds. The van der Waals surface area contributed by atoms with Gasteiger partial charge in [0.05, 0.1) is 15.7 Å². The number of fused-ring (bicyclic) bond motifs is 10. The Bertz CT molecular complexity index is 2760. The molecule has 210 valence electrons. The zero-order valence-corrected chi connectivity index (χ0v) is 25.8. The molecule has 7 aromatic carbocycles. The van der Waals surface area contributed by atoms with E-state index in [2.05, 4.69) is 156 Å². The molecule has 0 fully saturated rings. The molecule has 0 N–H and O–H groups in total. The molecule has 45 heavy (non-hydrogen) atoms. The van der Waals surface area contributed by atoms with Crippen LogP contribution in [0.2, 0.25) is 0 Å². The third-order valence-corrected chi connectivity index (χ3v) is 11.7. The molecule has 0 aliphatic carbocycles. The molecule has 0 aliphatic rings. The van der Waals surface area contributed by atoms with Crippen molar-refractivity contribution in [2.24, 2.45) is 0 Å². The average molecular weight is 608 g/mol. The molecule has 0 saturated heterocycles. The number of thiophene rings is 2. The maximum absolute atomic E-state index is 2.44. The lowest BCUT2D eigenvalue weighted by Crippen LogP contribution is -1.92. The number of hydrogen-bond donors (Lipinski definition) is 0. The number of rotatable bonds is 3. The van der Waals surface area contributed by atoms with Crippen molar-refractivity contribution in [2.75, 3.05) is 0 Å². The smallest absolute Gasteiger partial charge is 0.0727 e. The van der Waals surface area contributed by atoms with E-state index in [1.54, 1.807) is 0 Å². The lowest BCUT2D eigenvalue weighted by Gasteiger charge is -2.10. The summed E-state index contributed by atoms with van der Waals surface area (Å²) in [4.78, 5) is 0. The van der Waals surface area contributed by atoms with Crippen LogP contribution in [-0.4, -0.2) is 4.57 Å². The number of nitrogens with zero attached hydrogens (tertiary/aromatic N) is 1. The molecule has 0 bridgehead atoms. The van der Waals surface area contributed by atoms with Gasteiger partial charge in [0.1, 0.15) is 0 Å². The minimum atomic E-state index is 1.19. The van der Waals surface area contributed by atoms with Gasteiger partial charge < -0.3 is 4.57 Å². The number of benzene rings is 7. The second kappa shape index (κ2) is 9.64. The van der Waals surface area contributed by atoms with E-state index < -0.39 is 0 Å². The van der Waals surface area contributed by atoms with E-state index in [0.717, 1.165) is 0 Å². The molecule has 10 rings (SSSR count). The van der Waals surface area contributed by atoms with Crippen molar-refractivity contribution in [1.29, 1.82) is 0 Å². The Morgan fingerprint density at radius 3 is 2.04 bits per heavy atom. The lowest BCUT2D eigenvalue weighted by atomic mass is 9.95. The van der Waals surface area contributed by atoms with Crippen molar-refractivity contribution in [3.63, 3.8) is 0 Å². The standard InChI is InChI=1S/C42H25NS2/c1-2-14-29(15-3-1)43-36-21-7-6-17-33(36)42-39(43)35-20-9-19-32(41(35)45-42)28-13-8-12-27(25-28)30-18-10-22-37-38(30)34-24-23-26-11-4-5-16-31(26)40(34)44-37/h1-25H. The van der Waals surface area contributed by atoms with Crippen molar-refractivity contribution in [3.8, 4) is 27.9 Å². The second-order valence-electron chi connectivity index (χ2n) is 11.7. The summed E-state index contributed by atoms with van der Waals surface area (Å²) in [5, 5.41) is 7.93. The zero-order valence-electron chi connectivity index (χ0n) is 24.2. The van der Waals surface area contributed by atoms with Crippen LogP contribution in [0.25, 0.3) is 90.1 Å². The van der Waals surface area contributed by atoms with Crippen LogP contribution in [-0.2, 0) is 0 Å². The Balaban J connectivity index is 1.20. The fourth-order valence-corrected chi connectivity index (χ4v) is 9.83. The van der Waals surface area contributed by atoms with E-state index in [0.29, 0.717) is 0 Å². The minimum Gasteiger partial charge on any atom is -0.308 e. The van der Waals surface area contributed by atoms with E-state index in [1.165, 1.54) is 90.1 Å². The molecule has 0 spiro atoms. The Morgan fingerprint density at radius 1 is 0.422 bits per heavy atom. The van der Waals surface area contributed by atoms with Crippen LogP contribution in [0.5, 0.6) is 0 Å². The first-order chi connectivity index (χ1) is 22.3. The van der Waals surface area contributed by atoms with Gasteiger partial charge in [-0.1, -0.05) is 121 Å². The topological polar surface area (TPSA) is 4.93 Å². The Morgan fingerprint density at radius 2 is 1.13 bits per heavy atom. The SMILES string of the molecule is c1ccc(-n2c3ccccc3c3sc4c(-c5cccc(-c6cccc7sc8c9ccccc9ccc8c67)c5)cccc4c32)cc1. The molecule has 1 nitrogen and oxygen atoms in total. The van der Waals surface area contributed by atoms with Crippen LogP contribution < -0.4 is 0 Å². The summed E-state index contributed by atoms with van der Waals surface area (Å²) >= 11 is 3.82. The van der Waals surface area contributed by atoms with Crippen LogP contribution in [0, 0.1) is 0 Å². The highest BCUT2D eigenvalue weighted by Gasteiger charge is 2.20. The summed E-state index contributed by atoms with van der Waals surface area (Å²) in [5.41, 5.74) is 8.82. The molecular formula is C42H25NS2. The summed E-state index contributed by atoms with van der Waals surface area (Å²) in [6, 6.07) is 55.6. The molecule has 10 aromatic rings. The summed E-state index contributed by atoms with van der Waals surface area (Å²) in [5.74, 6) is 0. The molecule has 0 aliphatic heterocycles. The predicted molar refractivity (Wildman–Crippen MR) is 197 cm³/mol. The summed E-state index contributed by atoms with van der Waals surface area (Å²) in [6.07, 6.45) is 0. The highest BCUT2D eigenvalue weighted by molar-refractivity contribution is 7.27. The van der Waals surface area contributed by atoms with Crippen molar-refractivity contribution in [3.05, 3.63) is 152 Å². The third-order valence-electron chi connectivity index (χ3n) is 9.19. The minimum absolute atomic E-state index is 1.19. The predicted octanol–water partition coefficient (Wildman–Crippen LogP) is 12.9. The fourth-order valence-electron chi connectivity index (χ4n) is 7.21. The van der Waals surface area contributed by atoms with E-state index >= 15 is 0 Å². The second-order valence-corrected chi connectivity index (χ2v) is 13.7. The monoisotopic (exact) mass is 607 g/mol. The molecule has 3 heteroatoms. The summed E-state index contributed by atoms with van der Waals surface area (Å²) in [6.45, 7) is 0. The Labute approximate surface area is 267 Å². The first-order valence-electron chi connectivity index (χ1n) is 15.3. The maximum Gasteiger partial charge on any atom is 0.0727 e. The molecular weight excluding hydrogens is 583 g/mol. The van der Waals surface area contributed by atoms with Gasteiger partial charge in [-0.2, -0.15) is 0 Å². The molecule has 3 aromatic heterocycles. The number of para-hydroxylation sites is 2. The third kappa shape index (κ3) is 3.66. The van der Waals surface area contributed by atoms with Gasteiger partial charge in [0.25, 0.3) is 0 Å². The fraction of sp³-hybridized carbons (Fsp3) is 0. The van der Waals surface area contributed by atoms with Gasteiger partial charge in [-0.25, -0.2) is 0 Å². The van der Waals surface area contributed by atoms with Gasteiger partial charge in [-0.3, -0.25) is 0 Å². The number of hydrogen-bond acceptors (Lipinski definition) is 2. The van der Waals surface area contributed by atoms with Gasteiger partial charge in [0, 0.05) is 41.3 Å². The first kappa shape index (κ1) is 25.1. The highest BCUT2D eigenvalue weighted by Crippen LogP contribution is 2.47. The molecule has 0 atom stereocenters. The largest absolute Gasteiger partial charge is 0.308 e. The molecule has 0 unspecified atom stereocenters. The first-order valence-corrected chi connectivity index (χ1v) is 16.9. The summed E-state index contributed by atoms with van der Waals surface area (Å²) < 4.78 is 7.82. The van der Waals surface area contributed by atoms with Gasteiger partial charge in [0.2, 0.25) is 0 Å². The zero-order chi connectivity index (χ0) is 29.5. The van der Waals surface area contributed by atoms with Crippen molar-refractivity contribution < 1.29 is 0 Å². The number of aromatic nitrogens is 1. The van der Waals surface area contributed by atoms with Gasteiger partial charge >= 0.3 is 0 Å². The highest BCUT2D eigenvalue weighted by atomic mass is 32.1. The van der Waals surface area contributed by atoms with Crippen molar-refractivity contribution >= 4 is 84.8 Å². The molecule has 0 radical (unpaired) electrons. The lowest BCUT2D eigenvalue weighted by molar-refractivity contribution is 1.19. The average Bonchev–Trinajstić information content (AvgIpc) is 3.78. The van der Waals surface area contributed by atoms with Crippen LogP contribution >= 0.6 is 22.7 Å². The van der Waals surface area contributed by atoms with Gasteiger partial charge in [0.15, 0.2) is 0 Å². The van der Waals surface area contributed by atoms with Crippen LogP contribution in [0.1, 0.15) is 0 Å². The van der Waals surface area contributed by atoms with Crippen LogP contribution in [0.3, 0.4) is 0 Å². The van der Waals surface area contributed by atoms with Gasteiger partial charge in [-0.05, 0) is 63.4 Å². The van der Waals surface area contributed by atoms with E-state index in [9.17, 15) is 0 Å². The van der Waals surface area contributed by atoms with E-state index in [4.69, 9.17) is 0 Å². The van der Waals surface area contributed by atoms with Crippen LogP contribution in [0.15, 0.2) is 152 Å².